The van der Waals surface area contributed by atoms with Gasteiger partial charge >= 0.3 is 0 Å². The Kier molecular flexibility index (Phi) is 3.92. The third kappa shape index (κ3) is 2.78. The fraction of sp³-hybridized carbons (Fsp3) is 0.400. The van der Waals surface area contributed by atoms with Gasteiger partial charge in [-0.1, -0.05) is 17.3 Å². The summed E-state index contributed by atoms with van der Waals surface area (Å²) >= 11 is 6.30. The van der Waals surface area contributed by atoms with Crippen molar-refractivity contribution >= 4 is 22.6 Å². The first-order chi connectivity index (χ1) is 10.2. The molecule has 3 aromatic rings. The predicted octanol–water partition coefficient (Wildman–Crippen LogP) is 3.33. The molecule has 1 aromatic carbocycles. The lowest BCUT2D eigenvalue weighted by molar-refractivity contribution is 0.511. The first-order valence-corrected chi connectivity index (χ1v) is 7.54. The number of aromatic nitrogens is 5. The van der Waals surface area contributed by atoms with Crippen molar-refractivity contribution in [2.75, 3.05) is 0 Å². The summed E-state index contributed by atoms with van der Waals surface area (Å²) in [7, 11) is 0. The van der Waals surface area contributed by atoms with E-state index in [0.717, 1.165) is 36.4 Å². The third-order valence-corrected chi connectivity index (χ3v) is 3.80. The van der Waals surface area contributed by atoms with Crippen LogP contribution >= 0.6 is 11.6 Å². The van der Waals surface area contributed by atoms with Crippen LogP contribution in [0, 0.1) is 6.92 Å². The van der Waals surface area contributed by atoms with Crippen molar-refractivity contribution in [1.29, 1.82) is 0 Å². The molecular formula is C15H18ClN5. The van der Waals surface area contributed by atoms with Crippen LogP contribution in [0.5, 0.6) is 0 Å². The van der Waals surface area contributed by atoms with E-state index in [1.54, 1.807) is 6.20 Å². The maximum absolute atomic E-state index is 6.30. The Labute approximate surface area is 128 Å². The van der Waals surface area contributed by atoms with Gasteiger partial charge in [0.05, 0.1) is 22.6 Å². The Balaban J connectivity index is 1.88. The van der Waals surface area contributed by atoms with Gasteiger partial charge in [-0.05, 0) is 31.9 Å². The molecule has 0 spiro atoms. The van der Waals surface area contributed by atoms with Gasteiger partial charge in [0.1, 0.15) is 5.82 Å². The highest BCUT2D eigenvalue weighted by Crippen LogP contribution is 2.26. The van der Waals surface area contributed by atoms with Gasteiger partial charge in [-0.15, -0.1) is 16.7 Å². The van der Waals surface area contributed by atoms with Crippen LogP contribution in [0.3, 0.4) is 0 Å². The van der Waals surface area contributed by atoms with E-state index in [0.29, 0.717) is 0 Å². The van der Waals surface area contributed by atoms with E-state index >= 15 is 0 Å². The monoisotopic (exact) mass is 303 g/mol. The number of rotatable bonds is 5. The molecule has 0 saturated carbocycles. The minimum absolute atomic E-state index is 0.108. The van der Waals surface area contributed by atoms with E-state index in [1.165, 1.54) is 5.56 Å². The van der Waals surface area contributed by atoms with Crippen molar-refractivity contribution in [2.45, 2.75) is 38.7 Å². The van der Waals surface area contributed by atoms with E-state index in [-0.39, 0.29) is 5.38 Å². The Bertz CT molecular complexity index is 730. The second kappa shape index (κ2) is 5.85. The van der Waals surface area contributed by atoms with E-state index in [4.69, 9.17) is 16.6 Å². The molecule has 0 bridgehead atoms. The standard InChI is InChI=1S/C15H18ClN5/c1-11-5-3-6-13-14(11)18-15(12(2)16)21(13)9-4-8-20-10-7-17-19-20/h3,5-7,10,12H,4,8-9H2,1-2H3. The summed E-state index contributed by atoms with van der Waals surface area (Å²) < 4.78 is 4.06. The highest BCUT2D eigenvalue weighted by Gasteiger charge is 2.15. The van der Waals surface area contributed by atoms with Crippen molar-refractivity contribution in [3.63, 3.8) is 0 Å². The van der Waals surface area contributed by atoms with Gasteiger partial charge < -0.3 is 4.57 Å². The SMILES string of the molecule is Cc1cccc2c1nc(C(C)Cl)n2CCCn1ccnn1. The molecule has 21 heavy (non-hydrogen) atoms. The lowest BCUT2D eigenvalue weighted by Gasteiger charge is -2.10. The molecular weight excluding hydrogens is 286 g/mol. The average molecular weight is 304 g/mol. The fourth-order valence-electron chi connectivity index (χ4n) is 2.59. The Morgan fingerprint density at radius 2 is 2.14 bits per heavy atom. The van der Waals surface area contributed by atoms with Crippen LogP contribution < -0.4 is 0 Å². The van der Waals surface area contributed by atoms with Crippen LogP contribution in [0.4, 0.5) is 0 Å². The van der Waals surface area contributed by atoms with Crippen molar-refractivity contribution < 1.29 is 0 Å². The number of nitrogens with zero attached hydrogens (tertiary/aromatic N) is 5. The zero-order valence-electron chi connectivity index (χ0n) is 12.2. The Morgan fingerprint density at radius 1 is 1.29 bits per heavy atom. The van der Waals surface area contributed by atoms with E-state index in [1.807, 2.05) is 17.8 Å². The van der Waals surface area contributed by atoms with Crippen LogP contribution in [0.25, 0.3) is 11.0 Å². The molecule has 0 amide bonds. The fourth-order valence-corrected chi connectivity index (χ4v) is 2.75. The lowest BCUT2D eigenvalue weighted by atomic mass is 10.2. The minimum Gasteiger partial charge on any atom is -0.327 e. The van der Waals surface area contributed by atoms with E-state index < -0.39 is 0 Å². The average Bonchev–Trinajstić information content (AvgIpc) is 3.08. The number of fused-ring (bicyclic) bond motifs is 1. The van der Waals surface area contributed by atoms with Gasteiger partial charge in [0, 0.05) is 19.3 Å². The quantitative estimate of drug-likeness (QED) is 0.679. The minimum atomic E-state index is -0.108. The number of para-hydroxylation sites is 1. The molecule has 0 aliphatic carbocycles. The molecule has 0 saturated heterocycles. The molecule has 1 unspecified atom stereocenters. The number of hydrogen-bond acceptors (Lipinski definition) is 3. The van der Waals surface area contributed by atoms with E-state index in [2.05, 4.69) is 40.0 Å². The van der Waals surface area contributed by atoms with Gasteiger partial charge in [0.2, 0.25) is 0 Å². The lowest BCUT2D eigenvalue weighted by Crippen LogP contribution is -2.08. The number of aryl methyl sites for hydroxylation is 3. The van der Waals surface area contributed by atoms with Crippen LogP contribution in [-0.4, -0.2) is 24.5 Å². The number of imidazole rings is 1. The third-order valence-electron chi connectivity index (χ3n) is 3.61. The Morgan fingerprint density at radius 3 is 2.86 bits per heavy atom. The number of halogens is 1. The maximum Gasteiger partial charge on any atom is 0.127 e. The summed E-state index contributed by atoms with van der Waals surface area (Å²) in [6.07, 6.45) is 4.53. The summed E-state index contributed by atoms with van der Waals surface area (Å²) in [5, 5.41) is 7.69. The molecule has 2 aromatic heterocycles. The van der Waals surface area contributed by atoms with Crippen molar-refractivity contribution in [2.24, 2.45) is 0 Å². The highest BCUT2D eigenvalue weighted by molar-refractivity contribution is 6.20. The second-order valence-corrected chi connectivity index (χ2v) is 5.85. The Hall–Kier alpha value is -1.88. The van der Waals surface area contributed by atoms with Gasteiger partial charge in [-0.25, -0.2) is 4.98 Å². The van der Waals surface area contributed by atoms with Crippen LogP contribution in [0.2, 0.25) is 0 Å². The molecule has 0 radical (unpaired) electrons. The molecule has 2 heterocycles. The first kappa shape index (κ1) is 14.1. The molecule has 110 valence electrons. The molecule has 0 aliphatic rings. The summed E-state index contributed by atoms with van der Waals surface area (Å²) in [6.45, 7) is 5.75. The molecule has 0 N–H and O–H groups in total. The largest absolute Gasteiger partial charge is 0.327 e. The van der Waals surface area contributed by atoms with E-state index in [9.17, 15) is 0 Å². The summed E-state index contributed by atoms with van der Waals surface area (Å²) in [6, 6.07) is 6.25. The van der Waals surface area contributed by atoms with Gasteiger partial charge in [-0.2, -0.15) is 0 Å². The zero-order chi connectivity index (χ0) is 14.8. The molecule has 1 atom stereocenters. The van der Waals surface area contributed by atoms with Crippen LogP contribution in [0.15, 0.2) is 30.6 Å². The van der Waals surface area contributed by atoms with Crippen molar-refractivity contribution in [3.05, 3.63) is 42.0 Å². The second-order valence-electron chi connectivity index (χ2n) is 5.20. The smallest absolute Gasteiger partial charge is 0.127 e. The number of hydrogen-bond donors (Lipinski definition) is 0. The molecule has 0 aliphatic heterocycles. The summed E-state index contributed by atoms with van der Waals surface area (Å²) in [5.41, 5.74) is 3.37. The van der Waals surface area contributed by atoms with Gasteiger partial charge in [-0.3, -0.25) is 4.68 Å². The highest BCUT2D eigenvalue weighted by atomic mass is 35.5. The topological polar surface area (TPSA) is 48.5 Å². The molecule has 6 heteroatoms. The molecule has 0 fully saturated rings. The zero-order valence-corrected chi connectivity index (χ0v) is 13.0. The molecule has 3 rings (SSSR count). The number of alkyl halides is 1. The van der Waals surface area contributed by atoms with Gasteiger partial charge in [0.15, 0.2) is 0 Å². The first-order valence-electron chi connectivity index (χ1n) is 7.10. The van der Waals surface area contributed by atoms with Crippen LogP contribution in [0.1, 0.15) is 30.1 Å². The number of benzene rings is 1. The van der Waals surface area contributed by atoms with Gasteiger partial charge in [0.25, 0.3) is 0 Å². The summed E-state index contributed by atoms with van der Waals surface area (Å²) in [4.78, 5) is 4.72. The van der Waals surface area contributed by atoms with Crippen molar-refractivity contribution in [3.8, 4) is 0 Å². The molecule has 5 nitrogen and oxygen atoms in total. The van der Waals surface area contributed by atoms with Crippen LogP contribution in [-0.2, 0) is 13.1 Å². The normalized spacial score (nSPS) is 12.9. The maximum atomic E-state index is 6.30. The van der Waals surface area contributed by atoms with Crippen molar-refractivity contribution in [1.82, 2.24) is 24.5 Å². The summed E-state index contributed by atoms with van der Waals surface area (Å²) in [5.74, 6) is 0.930. The predicted molar refractivity (Wildman–Crippen MR) is 83.4 cm³/mol.